The van der Waals surface area contributed by atoms with E-state index < -0.39 is 0 Å². The zero-order chi connectivity index (χ0) is 14.8. The standard InChI is InChI=1S/C15H17N3O2S/c1-3-18(14(19)11-4-5-11)15-17-16-13(21-15)10-6-8-12(20-2)9-7-10/h6-9,11H,3-5H2,1-2H3. The highest BCUT2D eigenvalue weighted by Crippen LogP contribution is 2.35. The van der Waals surface area contributed by atoms with Crippen molar-refractivity contribution in [3.63, 3.8) is 0 Å². The van der Waals surface area contributed by atoms with Crippen LogP contribution in [0.5, 0.6) is 5.75 Å². The molecule has 0 atom stereocenters. The summed E-state index contributed by atoms with van der Waals surface area (Å²) in [5.74, 6) is 1.18. The number of benzene rings is 1. The first-order valence-corrected chi connectivity index (χ1v) is 7.84. The minimum Gasteiger partial charge on any atom is -0.497 e. The highest BCUT2D eigenvalue weighted by Gasteiger charge is 2.34. The molecule has 3 rings (SSSR count). The first-order valence-electron chi connectivity index (χ1n) is 7.02. The molecule has 1 aromatic carbocycles. The van der Waals surface area contributed by atoms with Crippen LogP contribution in [0.2, 0.25) is 0 Å². The van der Waals surface area contributed by atoms with Crippen molar-refractivity contribution in [3.8, 4) is 16.3 Å². The third-order valence-electron chi connectivity index (χ3n) is 3.49. The summed E-state index contributed by atoms with van der Waals surface area (Å²) in [6.45, 7) is 2.60. The van der Waals surface area contributed by atoms with Gasteiger partial charge in [0.15, 0.2) is 0 Å². The molecule has 1 aliphatic carbocycles. The van der Waals surface area contributed by atoms with Crippen molar-refractivity contribution >= 4 is 22.4 Å². The number of amides is 1. The van der Waals surface area contributed by atoms with Crippen LogP contribution < -0.4 is 9.64 Å². The molecule has 1 amide bonds. The maximum absolute atomic E-state index is 12.2. The summed E-state index contributed by atoms with van der Waals surface area (Å²) in [6, 6.07) is 7.68. The van der Waals surface area contributed by atoms with Gasteiger partial charge in [-0.15, -0.1) is 10.2 Å². The summed E-state index contributed by atoms with van der Waals surface area (Å²) in [5, 5.41) is 9.88. The highest BCUT2D eigenvalue weighted by molar-refractivity contribution is 7.18. The number of anilines is 1. The number of aromatic nitrogens is 2. The third kappa shape index (κ3) is 2.90. The fourth-order valence-corrected chi connectivity index (χ4v) is 3.03. The van der Waals surface area contributed by atoms with Gasteiger partial charge in [-0.3, -0.25) is 9.69 Å². The monoisotopic (exact) mass is 303 g/mol. The predicted octanol–water partition coefficient (Wildman–Crippen LogP) is 2.98. The summed E-state index contributed by atoms with van der Waals surface area (Å²) in [4.78, 5) is 14.0. The Morgan fingerprint density at radius 2 is 2.05 bits per heavy atom. The Labute approximate surface area is 127 Å². The number of carbonyl (C=O) groups is 1. The number of methoxy groups -OCH3 is 1. The lowest BCUT2D eigenvalue weighted by atomic mass is 10.2. The van der Waals surface area contributed by atoms with E-state index in [4.69, 9.17) is 4.74 Å². The molecule has 0 spiro atoms. The van der Waals surface area contributed by atoms with Crippen LogP contribution in [0.3, 0.4) is 0 Å². The van der Waals surface area contributed by atoms with Gasteiger partial charge in [-0.2, -0.15) is 0 Å². The van der Waals surface area contributed by atoms with Crippen molar-refractivity contribution in [3.05, 3.63) is 24.3 Å². The Morgan fingerprint density at radius 3 is 2.62 bits per heavy atom. The maximum Gasteiger partial charge on any atom is 0.231 e. The van der Waals surface area contributed by atoms with Gasteiger partial charge in [0.25, 0.3) is 0 Å². The molecule has 6 heteroatoms. The molecule has 110 valence electrons. The Morgan fingerprint density at radius 1 is 1.33 bits per heavy atom. The number of carbonyl (C=O) groups excluding carboxylic acids is 1. The van der Waals surface area contributed by atoms with E-state index in [0.717, 1.165) is 29.2 Å². The number of rotatable bonds is 5. The zero-order valence-electron chi connectivity index (χ0n) is 12.1. The minimum atomic E-state index is 0.176. The Hall–Kier alpha value is -1.95. The molecule has 1 aliphatic rings. The van der Waals surface area contributed by atoms with Gasteiger partial charge in [0, 0.05) is 18.0 Å². The van der Waals surface area contributed by atoms with E-state index in [1.807, 2.05) is 31.2 Å². The zero-order valence-corrected chi connectivity index (χ0v) is 12.9. The van der Waals surface area contributed by atoms with E-state index >= 15 is 0 Å². The SMILES string of the molecule is CCN(C(=O)C1CC1)c1nnc(-c2ccc(OC)cc2)s1. The Balaban J connectivity index is 1.82. The van der Waals surface area contributed by atoms with E-state index in [0.29, 0.717) is 11.7 Å². The predicted molar refractivity (Wildman–Crippen MR) is 82.6 cm³/mol. The summed E-state index contributed by atoms with van der Waals surface area (Å²) in [7, 11) is 1.64. The number of nitrogens with zero attached hydrogens (tertiary/aromatic N) is 3. The van der Waals surface area contributed by atoms with Crippen molar-refractivity contribution in [2.24, 2.45) is 5.92 Å². The number of hydrogen-bond donors (Lipinski definition) is 0. The van der Waals surface area contributed by atoms with Crippen molar-refractivity contribution in [1.29, 1.82) is 0 Å². The smallest absolute Gasteiger partial charge is 0.231 e. The molecule has 0 bridgehead atoms. The normalized spacial score (nSPS) is 14.0. The second-order valence-electron chi connectivity index (χ2n) is 4.98. The quantitative estimate of drug-likeness (QED) is 0.852. The lowest BCUT2D eigenvalue weighted by Crippen LogP contribution is -2.31. The number of hydrogen-bond acceptors (Lipinski definition) is 5. The van der Waals surface area contributed by atoms with Crippen LogP contribution in [-0.2, 0) is 4.79 Å². The molecule has 5 nitrogen and oxygen atoms in total. The van der Waals surface area contributed by atoms with Gasteiger partial charge in [0.1, 0.15) is 10.8 Å². The average molecular weight is 303 g/mol. The van der Waals surface area contributed by atoms with E-state index in [2.05, 4.69) is 10.2 Å². The summed E-state index contributed by atoms with van der Waals surface area (Å²) in [5.41, 5.74) is 0.981. The molecule has 21 heavy (non-hydrogen) atoms. The second-order valence-corrected chi connectivity index (χ2v) is 5.93. The molecule has 1 heterocycles. The van der Waals surface area contributed by atoms with Crippen LogP contribution in [0.15, 0.2) is 24.3 Å². The lowest BCUT2D eigenvalue weighted by molar-refractivity contribution is -0.119. The van der Waals surface area contributed by atoms with Crippen molar-refractivity contribution in [2.45, 2.75) is 19.8 Å². The van der Waals surface area contributed by atoms with Crippen LogP contribution in [0, 0.1) is 5.92 Å². The lowest BCUT2D eigenvalue weighted by Gasteiger charge is -2.16. The molecular formula is C15H17N3O2S. The topological polar surface area (TPSA) is 55.3 Å². The van der Waals surface area contributed by atoms with Crippen molar-refractivity contribution < 1.29 is 9.53 Å². The molecule has 0 aliphatic heterocycles. The molecule has 0 N–H and O–H groups in total. The summed E-state index contributed by atoms with van der Waals surface area (Å²) in [6.07, 6.45) is 2.00. The van der Waals surface area contributed by atoms with Gasteiger partial charge in [-0.1, -0.05) is 11.3 Å². The molecule has 0 radical (unpaired) electrons. The van der Waals surface area contributed by atoms with Gasteiger partial charge in [-0.05, 0) is 44.0 Å². The summed E-state index contributed by atoms with van der Waals surface area (Å²) >= 11 is 1.45. The van der Waals surface area contributed by atoms with Crippen LogP contribution in [0.4, 0.5) is 5.13 Å². The minimum absolute atomic E-state index is 0.176. The maximum atomic E-state index is 12.2. The number of ether oxygens (including phenoxy) is 1. The third-order valence-corrected chi connectivity index (χ3v) is 4.49. The summed E-state index contributed by atoms with van der Waals surface area (Å²) < 4.78 is 5.15. The Bertz CT molecular complexity index is 635. The molecule has 0 unspecified atom stereocenters. The van der Waals surface area contributed by atoms with Crippen LogP contribution in [0.25, 0.3) is 10.6 Å². The van der Waals surface area contributed by atoms with Crippen LogP contribution in [-0.4, -0.2) is 29.8 Å². The fourth-order valence-electron chi connectivity index (χ4n) is 2.11. The molecule has 2 aromatic rings. The first kappa shape index (κ1) is 14.0. The van der Waals surface area contributed by atoms with E-state index in [-0.39, 0.29) is 11.8 Å². The van der Waals surface area contributed by atoms with E-state index in [1.165, 1.54) is 11.3 Å². The average Bonchev–Trinajstić information content (AvgIpc) is 3.27. The van der Waals surface area contributed by atoms with Gasteiger partial charge in [0.05, 0.1) is 7.11 Å². The van der Waals surface area contributed by atoms with Gasteiger partial charge in [-0.25, -0.2) is 0 Å². The first-order chi connectivity index (χ1) is 10.2. The van der Waals surface area contributed by atoms with Crippen molar-refractivity contribution in [1.82, 2.24) is 10.2 Å². The molecule has 1 aromatic heterocycles. The van der Waals surface area contributed by atoms with Crippen LogP contribution >= 0.6 is 11.3 Å². The van der Waals surface area contributed by atoms with Gasteiger partial charge in [0.2, 0.25) is 11.0 Å². The largest absolute Gasteiger partial charge is 0.497 e. The van der Waals surface area contributed by atoms with Gasteiger partial charge < -0.3 is 4.74 Å². The van der Waals surface area contributed by atoms with E-state index in [9.17, 15) is 4.79 Å². The molecule has 1 saturated carbocycles. The molecule has 1 fully saturated rings. The Kier molecular flexibility index (Phi) is 3.88. The van der Waals surface area contributed by atoms with Crippen molar-refractivity contribution in [2.75, 3.05) is 18.6 Å². The van der Waals surface area contributed by atoms with E-state index in [1.54, 1.807) is 12.0 Å². The highest BCUT2D eigenvalue weighted by atomic mass is 32.1. The second kappa shape index (κ2) is 5.81. The molecular weight excluding hydrogens is 286 g/mol. The fraction of sp³-hybridized carbons (Fsp3) is 0.400. The van der Waals surface area contributed by atoms with Gasteiger partial charge >= 0.3 is 0 Å². The molecule has 0 saturated heterocycles. The van der Waals surface area contributed by atoms with Crippen LogP contribution in [0.1, 0.15) is 19.8 Å².